The monoisotopic (exact) mass is 391 g/mol. The van der Waals surface area contributed by atoms with Gasteiger partial charge >= 0.3 is 0 Å². The highest BCUT2D eigenvalue weighted by atomic mass is 32.2. The van der Waals surface area contributed by atoms with Crippen molar-refractivity contribution in [1.29, 1.82) is 0 Å². The maximum atomic E-state index is 13.6. The van der Waals surface area contributed by atoms with Gasteiger partial charge in [0.05, 0.1) is 10.9 Å². The highest BCUT2D eigenvalue weighted by Crippen LogP contribution is 2.41. The molecule has 1 unspecified atom stereocenters. The third kappa shape index (κ3) is 3.17. The molecule has 0 aliphatic carbocycles. The lowest BCUT2D eigenvalue weighted by atomic mass is 9.85. The molecule has 3 nitrogen and oxygen atoms in total. The van der Waals surface area contributed by atoms with Crippen molar-refractivity contribution in [1.82, 2.24) is 4.31 Å². The smallest absolute Gasteiger partial charge is 0.207 e. The molecule has 4 heteroatoms. The Bertz CT molecular complexity index is 1120. The molecule has 3 aromatic carbocycles. The number of nitrogens with zero attached hydrogens (tertiary/aromatic N) is 1. The van der Waals surface area contributed by atoms with Crippen molar-refractivity contribution in [3.63, 3.8) is 0 Å². The number of sulfonamides is 1. The Balaban J connectivity index is 1.93. The Morgan fingerprint density at radius 2 is 1.50 bits per heavy atom. The van der Waals surface area contributed by atoms with Gasteiger partial charge in [0.15, 0.2) is 0 Å². The first kappa shape index (κ1) is 18.9. The molecular formula is C24H25NO2S. The molecule has 0 fully saturated rings. The minimum absolute atomic E-state index is 0.308. The van der Waals surface area contributed by atoms with E-state index >= 15 is 0 Å². The molecule has 1 heterocycles. The summed E-state index contributed by atoms with van der Waals surface area (Å²) in [6.07, 6.45) is 0.727. The zero-order valence-electron chi connectivity index (χ0n) is 16.5. The van der Waals surface area contributed by atoms with Crippen LogP contribution in [0.5, 0.6) is 0 Å². The molecule has 0 N–H and O–H groups in total. The lowest BCUT2D eigenvalue weighted by Gasteiger charge is -2.38. The summed E-state index contributed by atoms with van der Waals surface area (Å²) in [6.45, 7) is 6.57. The van der Waals surface area contributed by atoms with E-state index in [2.05, 4.69) is 44.2 Å². The van der Waals surface area contributed by atoms with E-state index in [4.69, 9.17) is 0 Å². The summed E-state index contributed by atoms with van der Waals surface area (Å²) in [4.78, 5) is 0.355. The SMILES string of the molecule is Cc1ccc(S(=O)(=O)N2CCc3cccc(C)c3C2c2ccccc2C)cc1. The van der Waals surface area contributed by atoms with Gasteiger partial charge in [0, 0.05) is 6.54 Å². The summed E-state index contributed by atoms with van der Waals surface area (Å²) in [5.74, 6) is 0. The van der Waals surface area contributed by atoms with Crippen molar-refractivity contribution in [3.8, 4) is 0 Å². The molecule has 0 saturated carbocycles. The second kappa shape index (κ2) is 7.19. The summed E-state index contributed by atoms with van der Waals surface area (Å²) in [5, 5.41) is 0. The van der Waals surface area contributed by atoms with Crippen molar-refractivity contribution >= 4 is 10.0 Å². The third-order valence-electron chi connectivity index (χ3n) is 5.69. The fourth-order valence-corrected chi connectivity index (χ4v) is 5.74. The molecule has 0 amide bonds. The van der Waals surface area contributed by atoms with Gasteiger partial charge in [0.1, 0.15) is 0 Å². The minimum atomic E-state index is -3.62. The number of rotatable bonds is 3. The average molecular weight is 392 g/mol. The first-order valence-corrected chi connectivity index (χ1v) is 11.1. The van der Waals surface area contributed by atoms with E-state index in [1.165, 1.54) is 5.56 Å². The number of hydrogen-bond donors (Lipinski definition) is 0. The number of aryl methyl sites for hydroxylation is 3. The molecule has 3 aromatic rings. The Morgan fingerprint density at radius 1 is 0.821 bits per heavy atom. The summed E-state index contributed by atoms with van der Waals surface area (Å²) in [7, 11) is -3.62. The molecule has 1 aliphatic heterocycles. The molecule has 0 radical (unpaired) electrons. The quantitative estimate of drug-likeness (QED) is 0.634. The highest BCUT2D eigenvalue weighted by molar-refractivity contribution is 7.89. The fraction of sp³-hybridized carbons (Fsp3) is 0.250. The minimum Gasteiger partial charge on any atom is -0.207 e. The van der Waals surface area contributed by atoms with Crippen LogP contribution in [0.4, 0.5) is 0 Å². The Kier molecular flexibility index (Phi) is 4.86. The third-order valence-corrected chi connectivity index (χ3v) is 7.57. The van der Waals surface area contributed by atoms with Gasteiger partial charge in [-0.1, -0.05) is 60.2 Å². The van der Waals surface area contributed by atoms with Crippen LogP contribution < -0.4 is 0 Å². The highest BCUT2D eigenvalue weighted by Gasteiger charge is 2.38. The van der Waals surface area contributed by atoms with E-state index in [1.54, 1.807) is 16.4 Å². The van der Waals surface area contributed by atoms with Crippen LogP contribution in [0.15, 0.2) is 71.6 Å². The average Bonchev–Trinajstić information content (AvgIpc) is 2.68. The molecule has 0 bridgehead atoms. The molecule has 0 aromatic heterocycles. The van der Waals surface area contributed by atoms with Gasteiger partial charge in [0.2, 0.25) is 10.0 Å². The van der Waals surface area contributed by atoms with E-state index in [-0.39, 0.29) is 6.04 Å². The van der Waals surface area contributed by atoms with Gasteiger partial charge in [0.25, 0.3) is 0 Å². The number of fused-ring (bicyclic) bond motifs is 1. The Labute approximate surface area is 167 Å². The van der Waals surface area contributed by atoms with Gasteiger partial charge in [-0.3, -0.25) is 0 Å². The number of hydrogen-bond acceptors (Lipinski definition) is 2. The standard InChI is InChI=1S/C24H25NO2S/c1-17-11-13-21(14-12-17)28(26,27)25-16-15-20-9-6-8-19(3)23(20)24(25)22-10-5-4-7-18(22)2/h4-14,24H,15-16H2,1-3H3. The zero-order chi connectivity index (χ0) is 19.9. The zero-order valence-corrected chi connectivity index (χ0v) is 17.3. The van der Waals surface area contributed by atoms with E-state index < -0.39 is 10.0 Å². The van der Waals surface area contributed by atoms with Crippen LogP contribution in [0, 0.1) is 20.8 Å². The van der Waals surface area contributed by atoms with Crippen LogP contribution in [-0.2, 0) is 16.4 Å². The van der Waals surface area contributed by atoms with Crippen LogP contribution in [-0.4, -0.2) is 19.3 Å². The second-order valence-electron chi connectivity index (χ2n) is 7.59. The summed E-state index contributed by atoms with van der Waals surface area (Å²) in [5.41, 5.74) is 6.70. The molecule has 1 aliphatic rings. The summed E-state index contributed by atoms with van der Waals surface area (Å²) in [6, 6.07) is 21.2. The second-order valence-corrected chi connectivity index (χ2v) is 9.48. The summed E-state index contributed by atoms with van der Waals surface area (Å²) < 4.78 is 29.0. The lowest BCUT2D eigenvalue weighted by Crippen LogP contribution is -2.41. The van der Waals surface area contributed by atoms with Gasteiger partial charge in [-0.15, -0.1) is 0 Å². The lowest BCUT2D eigenvalue weighted by molar-refractivity contribution is 0.342. The van der Waals surface area contributed by atoms with Crippen LogP contribution >= 0.6 is 0 Å². The summed E-state index contributed by atoms with van der Waals surface area (Å²) >= 11 is 0. The first-order chi connectivity index (χ1) is 13.4. The normalized spacial score (nSPS) is 17.3. The maximum Gasteiger partial charge on any atom is 0.243 e. The Morgan fingerprint density at radius 3 is 2.21 bits per heavy atom. The largest absolute Gasteiger partial charge is 0.243 e. The van der Waals surface area contributed by atoms with Crippen LogP contribution in [0.1, 0.15) is 39.4 Å². The van der Waals surface area contributed by atoms with E-state index in [0.29, 0.717) is 11.4 Å². The van der Waals surface area contributed by atoms with Crippen molar-refractivity contribution in [2.75, 3.05) is 6.54 Å². The molecule has 0 spiro atoms. The van der Waals surface area contributed by atoms with Gasteiger partial charge < -0.3 is 0 Å². The number of benzene rings is 3. The fourth-order valence-electron chi connectivity index (χ4n) is 4.16. The van der Waals surface area contributed by atoms with Crippen LogP contribution in [0.3, 0.4) is 0 Å². The first-order valence-electron chi connectivity index (χ1n) is 9.62. The van der Waals surface area contributed by atoms with Crippen molar-refractivity contribution in [2.45, 2.75) is 38.1 Å². The topological polar surface area (TPSA) is 37.4 Å². The van der Waals surface area contributed by atoms with Crippen LogP contribution in [0.2, 0.25) is 0 Å². The van der Waals surface area contributed by atoms with Crippen molar-refractivity contribution in [3.05, 3.63) is 100 Å². The van der Waals surface area contributed by atoms with E-state index in [1.807, 2.05) is 31.2 Å². The maximum absolute atomic E-state index is 13.6. The molecule has 1 atom stereocenters. The predicted molar refractivity (Wildman–Crippen MR) is 113 cm³/mol. The molecule has 28 heavy (non-hydrogen) atoms. The molecule has 144 valence electrons. The molecule has 4 rings (SSSR count). The van der Waals surface area contributed by atoms with E-state index in [9.17, 15) is 8.42 Å². The van der Waals surface area contributed by atoms with Gasteiger partial charge in [-0.25, -0.2) is 8.42 Å². The van der Waals surface area contributed by atoms with Crippen molar-refractivity contribution < 1.29 is 8.42 Å². The molecule has 0 saturated heterocycles. The van der Waals surface area contributed by atoms with Crippen molar-refractivity contribution in [2.24, 2.45) is 0 Å². The van der Waals surface area contributed by atoms with Crippen LogP contribution in [0.25, 0.3) is 0 Å². The van der Waals surface area contributed by atoms with Gasteiger partial charge in [-0.2, -0.15) is 4.31 Å². The Hall–Kier alpha value is -2.43. The van der Waals surface area contributed by atoms with E-state index in [0.717, 1.165) is 34.2 Å². The molecular weight excluding hydrogens is 366 g/mol. The van der Waals surface area contributed by atoms with Gasteiger partial charge in [-0.05, 0) is 67.1 Å². The predicted octanol–water partition coefficient (Wildman–Crippen LogP) is 4.95.